The minimum absolute atomic E-state index is 0.128. The first kappa shape index (κ1) is 22.5. The van der Waals surface area contributed by atoms with Crippen LogP contribution in [0.5, 0.6) is 5.75 Å². The fourth-order valence-electron chi connectivity index (χ4n) is 3.05. The van der Waals surface area contributed by atoms with E-state index in [1.807, 2.05) is 24.3 Å². The predicted molar refractivity (Wildman–Crippen MR) is 127 cm³/mol. The van der Waals surface area contributed by atoms with E-state index in [0.717, 1.165) is 35.5 Å². The van der Waals surface area contributed by atoms with Gasteiger partial charge in [-0.3, -0.25) is 9.69 Å². The van der Waals surface area contributed by atoms with E-state index in [4.69, 9.17) is 9.47 Å². The molecule has 1 fully saturated rings. The molecule has 2 aromatic carbocycles. The molecule has 0 radical (unpaired) electrons. The molecule has 0 aliphatic carbocycles. The summed E-state index contributed by atoms with van der Waals surface area (Å²) in [5.74, 6) is 0.693. The number of hydrazone groups is 1. The summed E-state index contributed by atoms with van der Waals surface area (Å²) in [5.41, 5.74) is 5.63. The molecule has 0 atom stereocenters. The van der Waals surface area contributed by atoms with Crippen LogP contribution >= 0.6 is 22.6 Å². The smallest absolute Gasteiger partial charge is 0.254 e. The van der Waals surface area contributed by atoms with Crippen LogP contribution in [0.3, 0.4) is 0 Å². The van der Waals surface area contributed by atoms with Crippen LogP contribution in [0.15, 0.2) is 60.2 Å². The van der Waals surface area contributed by atoms with Crippen molar-refractivity contribution >= 4 is 34.7 Å². The zero-order valence-corrected chi connectivity index (χ0v) is 19.0. The maximum absolute atomic E-state index is 12.0. The Morgan fingerprint density at radius 1 is 1.23 bits per heavy atom. The summed E-state index contributed by atoms with van der Waals surface area (Å²) >= 11 is 2.29. The number of amides is 1. The second kappa shape index (κ2) is 11.8. The average molecular weight is 519 g/mol. The molecular formula is C23H26IN3O3. The molecule has 2 aromatic rings. The Morgan fingerprint density at radius 3 is 2.73 bits per heavy atom. The molecule has 0 unspecified atom stereocenters. The molecule has 1 aliphatic rings. The van der Waals surface area contributed by atoms with E-state index < -0.39 is 0 Å². The molecule has 1 aliphatic heterocycles. The minimum Gasteiger partial charge on any atom is -0.489 e. The number of halogens is 1. The van der Waals surface area contributed by atoms with Crippen LogP contribution in [0.1, 0.15) is 16.7 Å². The zero-order chi connectivity index (χ0) is 21.2. The van der Waals surface area contributed by atoms with Crippen LogP contribution in [-0.2, 0) is 22.6 Å². The van der Waals surface area contributed by atoms with Crippen molar-refractivity contribution in [3.05, 3.63) is 75.4 Å². The quantitative estimate of drug-likeness (QED) is 0.239. The summed E-state index contributed by atoms with van der Waals surface area (Å²) in [7, 11) is 0. The first-order valence-corrected chi connectivity index (χ1v) is 10.9. The Kier molecular flexibility index (Phi) is 8.85. The molecule has 6 nitrogen and oxygen atoms in total. The average Bonchev–Trinajstić information content (AvgIpc) is 2.75. The number of nitrogens with one attached hydrogen (secondary N) is 1. The molecule has 3 rings (SSSR count). The number of morpholine rings is 1. The van der Waals surface area contributed by atoms with Crippen molar-refractivity contribution in [2.24, 2.45) is 5.10 Å². The van der Waals surface area contributed by atoms with E-state index in [9.17, 15) is 4.79 Å². The second-order valence-electron chi connectivity index (χ2n) is 6.96. The first-order chi connectivity index (χ1) is 14.6. The number of ether oxygens (including phenoxy) is 2. The van der Waals surface area contributed by atoms with Gasteiger partial charge in [0.25, 0.3) is 5.91 Å². The zero-order valence-electron chi connectivity index (χ0n) is 16.9. The van der Waals surface area contributed by atoms with E-state index in [-0.39, 0.29) is 5.91 Å². The lowest BCUT2D eigenvalue weighted by molar-refractivity contribution is -0.123. The molecule has 30 heavy (non-hydrogen) atoms. The van der Waals surface area contributed by atoms with E-state index in [1.54, 1.807) is 6.21 Å². The number of carbonyl (C=O) groups excluding carboxylic acids is 1. The highest BCUT2D eigenvalue weighted by Gasteiger charge is 2.13. The Morgan fingerprint density at radius 2 is 2.00 bits per heavy atom. The number of carbonyl (C=O) groups is 1. The van der Waals surface area contributed by atoms with Gasteiger partial charge < -0.3 is 9.47 Å². The summed E-state index contributed by atoms with van der Waals surface area (Å²) < 4.78 is 12.5. The van der Waals surface area contributed by atoms with E-state index in [0.29, 0.717) is 32.8 Å². The van der Waals surface area contributed by atoms with Crippen molar-refractivity contribution in [1.82, 2.24) is 10.3 Å². The third kappa shape index (κ3) is 7.23. The fraction of sp³-hybridized carbons (Fsp3) is 0.304. The topological polar surface area (TPSA) is 63.2 Å². The molecule has 1 amide bonds. The van der Waals surface area contributed by atoms with Crippen molar-refractivity contribution in [3.8, 4) is 5.75 Å². The molecule has 1 N–H and O–H groups in total. The molecule has 1 heterocycles. The molecule has 0 spiro atoms. The molecule has 0 saturated carbocycles. The number of benzene rings is 2. The van der Waals surface area contributed by atoms with Crippen molar-refractivity contribution < 1.29 is 14.3 Å². The lowest BCUT2D eigenvalue weighted by Crippen LogP contribution is -2.42. The number of rotatable bonds is 9. The van der Waals surface area contributed by atoms with Crippen LogP contribution in [0.25, 0.3) is 0 Å². The minimum atomic E-state index is -0.128. The molecule has 0 aromatic heterocycles. The van der Waals surface area contributed by atoms with E-state index >= 15 is 0 Å². The van der Waals surface area contributed by atoms with Crippen molar-refractivity contribution in [2.45, 2.75) is 13.0 Å². The fourth-order valence-corrected chi connectivity index (χ4v) is 3.41. The van der Waals surface area contributed by atoms with Gasteiger partial charge in [-0.1, -0.05) is 18.2 Å². The van der Waals surface area contributed by atoms with Gasteiger partial charge in [0.1, 0.15) is 12.4 Å². The van der Waals surface area contributed by atoms with Crippen LogP contribution in [0, 0.1) is 3.57 Å². The van der Waals surface area contributed by atoms with Crippen LogP contribution in [0.4, 0.5) is 0 Å². The third-order valence-corrected chi connectivity index (χ3v) is 5.35. The lowest BCUT2D eigenvalue weighted by atomic mass is 10.1. The van der Waals surface area contributed by atoms with Gasteiger partial charge >= 0.3 is 0 Å². The summed E-state index contributed by atoms with van der Waals surface area (Å²) in [6, 6.07) is 14.1. The van der Waals surface area contributed by atoms with Gasteiger partial charge in [-0.25, -0.2) is 5.43 Å². The van der Waals surface area contributed by atoms with Crippen LogP contribution in [0.2, 0.25) is 0 Å². The van der Waals surface area contributed by atoms with Gasteiger partial charge in [-0.2, -0.15) is 5.10 Å². The van der Waals surface area contributed by atoms with Crippen molar-refractivity contribution in [2.75, 3.05) is 32.8 Å². The highest BCUT2D eigenvalue weighted by atomic mass is 127. The second-order valence-corrected chi connectivity index (χ2v) is 8.20. The Hall–Kier alpha value is -2.23. The third-order valence-electron chi connectivity index (χ3n) is 4.63. The first-order valence-electron chi connectivity index (χ1n) is 9.87. The standard InChI is InChI=1S/C23H26IN3O3/c1-2-3-20-14-19(15-25-26-23(28)16-27-10-12-29-13-11-27)6-9-22(20)30-17-18-4-7-21(24)8-5-18/h2,4-9,14-15H,1,3,10-13,16-17H2,(H,26,28)/b25-15+. The van der Waals surface area contributed by atoms with E-state index in [1.165, 1.54) is 3.57 Å². The Labute approximate surface area is 191 Å². The highest BCUT2D eigenvalue weighted by molar-refractivity contribution is 14.1. The monoisotopic (exact) mass is 519 g/mol. The normalized spacial score (nSPS) is 14.6. The van der Waals surface area contributed by atoms with Gasteiger partial charge in [0.2, 0.25) is 0 Å². The van der Waals surface area contributed by atoms with Crippen LogP contribution in [-0.4, -0.2) is 49.9 Å². The van der Waals surface area contributed by atoms with Gasteiger partial charge in [0.05, 0.1) is 26.0 Å². The van der Waals surface area contributed by atoms with Gasteiger partial charge in [-0.15, -0.1) is 6.58 Å². The largest absolute Gasteiger partial charge is 0.489 e. The summed E-state index contributed by atoms with van der Waals surface area (Å²) in [5, 5.41) is 4.09. The Bertz CT molecular complexity index is 878. The number of allylic oxidation sites excluding steroid dienone is 1. The highest BCUT2D eigenvalue weighted by Crippen LogP contribution is 2.22. The van der Waals surface area contributed by atoms with Gasteiger partial charge in [0, 0.05) is 16.7 Å². The summed E-state index contributed by atoms with van der Waals surface area (Å²) in [4.78, 5) is 14.1. The molecule has 0 bridgehead atoms. The van der Waals surface area contributed by atoms with Crippen LogP contribution < -0.4 is 10.2 Å². The maximum atomic E-state index is 12.0. The number of nitrogens with zero attached hydrogens (tertiary/aromatic N) is 2. The molecule has 1 saturated heterocycles. The molecular weight excluding hydrogens is 493 g/mol. The molecule has 7 heteroatoms. The van der Waals surface area contributed by atoms with E-state index in [2.05, 4.69) is 68.9 Å². The lowest BCUT2D eigenvalue weighted by Gasteiger charge is -2.25. The van der Waals surface area contributed by atoms with Gasteiger partial charge in [0.15, 0.2) is 0 Å². The summed E-state index contributed by atoms with van der Waals surface area (Å²) in [6.07, 6.45) is 4.18. The van der Waals surface area contributed by atoms with Crippen molar-refractivity contribution in [3.63, 3.8) is 0 Å². The van der Waals surface area contributed by atoms with Crippen molar-refractivity contribution in [1.29, 1.82) is 0 Å². The SMILES string of the molecule is C=CCc1cc(/C=N/NC(=O)CN2CCOCC2)ccc1OCc1ccc(I)cc1. The predicted octanol–water partition coefficient (Wildman–Crippen LogP) is 3.38. The van der Waals surface area contributed by atoms with Gasteiger partial charge in [-0.05, 0) is 76.0 Å². The summed E-state index contributed by atoms with van der Waals surface area (Å²) in [6.45, 7) is 7.54. The maximum Gasteiger partial charge on any atom is 0.254 e. The Balaban J connectivity index is 1.56. The molecule has 158 valence electrons. The number of hydrogen-bond acceptors (Lipinski definition) is 5. The number of hydrogen-bond donors (Lipinski definition) is 1.